The van der Waals surface area contributed by atoms with Gasteiger partial charge in [-0.3, -0.25) is 0 Å². The quantitative estimate of drug-likeness (QED) is 0.554. The second-order valence-corrected chi connectivity index (χ2v) is 5.08. The maximum atomic E-state index is 9.91. The number of phenols is 1. The molecule has 2 rings (SSSR count). The van der Waals surface area contributed by atoms with Crippen molar-refractivity contribution in [2.24, 2.45) is 0 Å². The number of anilines is 1. The van der Waals surface area contributed by atoms with Gasteiger partial charge in [-0.2, -0.15) is 0 Å². The van der Waals surface area contributed by atoms with Gasteiger partial charge in [0.1, 0.15) is 6.61 Å². The molecule has 2 aromatic carbocycles. The highest BCUT2D eigenvalue weighted by atomic mass is 79.9. The molecular weight excluding hydrogens is 326 g/mol. The van der Waals surface area contributed by atoms with Crippen molar-refractivity contribution in [3.8, 4) is 11.5 Å². The average molecular weight is 342 g/mol. The normalized spacial score (nSPS) is 10.9. The van der Waals surface area contributed by atoms with E-state index in [2.05, 4.69) is 15.9 Å². The molecule has 108 valence electrons. The predicted octanol–water partition coefficient (Wildman–Crippen LogP) is 2.28. The number of fused-ring (bicyclic) bond motifs is 1. The van der Waals surface area contributed by atoms with Crippen LogP contribution in [0.1, 0.15) is 0 Å². The van der Waals surface area contributed by atoms with Crippen LogP contribution in [0.15, 0.2) is 28.7 Å². The van der Waals surface area contributed by atoms with E-state index in [9.17, 15) is 5.11 Å². The molecular formula is C14H16BrNO4. The summed E-state index contributed by atoms with van der Waals surface area (Å²) in [5.41, 5.74) is 6.42. The number of nitrogens with two attached hydrogens (primary N) is 1. The largest absolute Gasteiger partial charge is 0.504 e. The highest BCUT2D eigenvalue weighted by molar-refractivity contribution is 9.10. The molecule has 0 saturated heterocycles. The van der Waals surface area contributed by atoms with Gasteiger partial charge in [0.2, 0.25) is 0 Å². The Labute approximate surface area is 125 Å². The smallest absolute Gasteiger partial charge is 0.161 e. The van der Waals surface area contributed by atoms with Gasteiger partial charge in [0.25, 0.3) is 0 Å². The zero-order valence-electron chi connectivity index (χ0n) is 10.8. The van der Waals surface area contributed by atoms with Crippen molar-refractivity contribution in [2.45, 2.75) is 0 Å². The number of hydrogen-bond donors (Lipinski definition) is 3. The molecule has 0 aliphatic carbocycles. The van der Waals surface area contributed by atoms with E-state index in [1.54, 1.807) is 18.2 Å². The third-order valence-electron chi connectivity index (χ3n) is 2.75. The van der Waals surface area contributed by atoms with E-state index in [1.807, 2.05) is 6.07 Å². The fourth-order valence-corrected chi connectivity index (χ4v) is 2.16. The van der Waals surface area contributed by atoms with Crippen molar-refractivity contribution in [2.75, 3.05) is 32.2 Å². The lowest BCUT2D eigenvalue weighted by Crippen LogP contribution is -2.09. The molecule has 0 fully saturated rings. The molecule has 6 heteroatoms. The van der Waals surface area contributed by atoms with E-state index in [-0.39, 0.29) is 19.0 Å². The van der Waals surface area contributed by atoms with E-state index in [0.717, 1.165) is 15.2 Å². The Morgan fingerprint density at radius 1 is 1.05 bits per heavy atom. The van der Waals surface area contributed by atoms with Gasteiger partial charge in [-0.15, -0.1) is 0 Å². The first-order chi connectivity index (χ1) is 9.61. The third-order valence-corrected chi connectivity index (χ3v) is 3.44. The number of aliphatic hydroxyl groups is 1. The van der Waals surface area contributed by atoms with Gasteiger partial charge in [-0.25, -0.2) is 0 Å². The van der Waals surface area contributed by atoms with Crippen molar-refractivity contribution >= 4 is 32.4 Å². The number of rotatable bonds is 6. The van der Waals surface area contributed by atoms with Crippen LogP contribution < -0.4 is 10.5 Å². The van der Waals surface area contributed by atoms with Crippen LogP contribution in [0.3, 0.4) is 0 Å². The summed E-state index contributed by atoms with van der Waals surface area (Å²) in [6.45, 7) is 0.911. The van der Waals surface area contributed by atoms with Crippen LogP contribution in [-0.4, -0.2) is 36.6 Å². The highest BCUT2D eigenvalue weighted by Crippen LogP contribution is 2.34. The topological polar surface area (TPSA) is 84.9 Å². The molecule has 4 N–H and O–H groups in total. The summed E-state index contributed by atoms with van der Waals surface area (Å²) in [5, 5.41) is 20.2. The summed E-state index contributed by atoms with van der Waals surface area (Å²) in [6.07, 6.45) is 0. The number of nitrogen functional groups attached to an aromatic ring is 1. The molecule has 0 aliphatic heterocycles. The van der Waals surface area contributed by atoms with Crippen LogP contribution in [-0.2, 0) is 4.74 Å². The van der Waals surface area contributed by atoms with E-state index in [1.165, 1.54) is 0 Å². The number of halogens is 1. The third kappa shape index (κ3) is 3.53. The van der Waals surface area contributed by atoms with Crippen LogP contribution >= 0.6 is 15.9 Å². The van der Waals surface area contributed by atoms with E-state index < -0.39 is 0 Å². The second-order valence-electron chi connectivity index (χ2n) is 4.23. The van der Waals surface area contributed by atoms with Gasteiger partial charge in [-0.1, -0.05) is 0 Å². The molecule has 0 heterocycles. The maximum absolute atomic E-state index is 9.91. The van der Waals surface area contributed by atoms with Crippen molar-refractivity contribution in [3.63, 3.8) is 0 Å². The summed E-state index contributed by atoms with van der Waals surface area (Å²) in [5.74, 6) is 0.447. The number of ether oxygens (including phenoxy) is 2. The minimum atomic E-state index is -0.0172. The second kappa shape index (κ2) is 6.78. The fourth-order valence-electron chi connectivity index (χ4n) is 1.80. The maximum Gasteiger partial charge on any atom is 0.161 e. The molecule has 0 aliphatic rings. The number of aromatic hydroxyl groups is 1. The van der Waals surface area contributed by atoms with Crippen LogP contribution in [0.5, 0.6) is 11.5 Å². The fraction of sp³-hybridized carbons (Fsp3) is 0.286. The summed E-state index contributed by atoms with van der Waals surface area (Å²) < 4.78 is 11.3. The SMILES string of the molecule is Nc1cc2cc(O)c(OCCOCCO)cc2cc1Br. The standard InChI is InChI=1S/C14H16BrNO4/c15-11-5-9-8-14(20-4-3-19-2-1-17)13(18)7-10(9)6-12(11)16/h5-8,17-18H,1-4,16H2. The Balaban J connectivity index is 2.13. The Morgan fingerprint density at radius 2 is 1.80 bits per heavy atom. The first-order valence-electron chi connectivity index (χ1n) is 6.15. The lowest BCUT2D eigenvalue weighted by Gasteiger charge is -2.10. The molecule has 0 saturated carbocycles. The first-order valence-corrected chi connectivity index (χ1v) is 6.94. The minimum absolute atomic E-state index is 0.0172. The van der Waals surface area contributed by atoms with Crippen LogP contribution in [0.25, 0.3) is 10.8 Å². The van der Waals surface area contributed by atoms with Gasteiger partial charge in [0.15, 0.2) is 11.5 Å². The first kappa shape index (κ1) is 14.9. The Morgan fingerprint density at radius 3 is 2.55 bits per heavy atom. The number of aliphatic hydroxyl groups excluding tert-OH is 1. The molecule has 0 amide bonds. The van der Waals surface area contributed by atoms with E-state index in [0.29, 0.717) is 24.7 Å². The summed E-state index contributed by atoms with van der Waals surface area (Å²) in [4.78, 5) is 0. The monoisotopic (exact) mass is 341 g/mol. The molecule has 0 atom stereocenters. The molecule has 0 spiro atoms. The van der Waals surface area contributed by atoms with Crippen molar-refractivity contribution in [1.82, 2.24) is 0 Å². The minimum Gasteiger partial charge on any atom is -0.504 e. The Bertz CT molecular complexity index is 603. The lowest BCUT2D eigenvalue weighted by atomic mass is 10.1. The zero-order valence-corrected chi connectivity index (χ0v) is 12.4. The number of benzene rings is 2. The van der Waals surface area contributed by atoms with Crippen LogP contribution in [0, 0.1) is 0 Å². The van der Waals surface area contributed by atoms with E-state index >= 15 is 0 Å². The molecule has 0 bridgehead atoms. The number of hydrogen-bond acceptors (Lipinski definition) is 5. The summed E-state index contributed by atoms with van der Waals surface area (Å²) >= 11 is 3.37. The molecule has 0 unspecified atom stereocenters. The average Bonchev–Trinajstić information content (AvgIpc) is 2.41. The summed E-state index contributed by atoms with van der Waals surface area (Å²) in [7, 11) is 0. The van der Waals surface area contributed by atoms with Crippen molar-refractivity contribution in [3.05, 3.63) is 28.7 Å². The van der Waals surface area contributed by atoms with Crippen LogP contribution in [0.2, 0.25) is 0 Å². The van der Waals surface area contributed by atoms with Gasteiger partial charge in [-0.05, 0) is 51.0 Å². The lowest BCUT2D eigenvalue weighted by molar-refractivity contribution is 0.0699. The van der Waals surface area contributed by atoms with E-state index in [4.69, 9.17) is 20.3 Å². The number of phenolic OH excluding ortho intramolecular Hbond substituents is 1. The van der Waals surface area contributed by atoms with Gasteiger partial charge in [0.05, 0.1) is 19.8 Å². The van der Waals surface area contributed by atoms with Crippen molar-refractivity contribution < 1.29 is 19.7 Å². The predicted molar refractivity (Wildman–Crippen MR) is 81.1 cm³/mol. The van der Waals surface area contributed by atoms with Crippen LogP contribution in [0.4, 0.5) is 5.69 Å². The molecule has 0 aromatic heterocycles. The molecule has 5 nitrogen and oxygen atoms in total. The molecule has 20 heavy (non-hydrogen) atoms. The van der Waals surface area contributed by atoms with Gasteiger partial charge in [0, 0.05) is 10.2 Å². The summed E-state index contributed by atoms with van der Waals surface area (Å²) in [6, 6.07) is 7.02. The van der Waals surface area contributed by atoms with Gasteiger partial charge < -0.3 is 25.4 Å². The van der Waals surface area contributed by atoms with Gasteiger partial charge >= 0.3 is 0 Å². The Hall–Kier alpha value is -1.50. The highest BCUT2D eigenvalue weighted by Gasteiger charge is 2.07. The van der Waals surface area contributed by atoms with Crippen molar-refractivity contribution in [1.29, 1.82) is 0 Å². The molecule has 2 aromatic rings. The zero-order chi connectivity index (χ0) is 14.5. The molecule has 0 radical (unpaired) electrons. The Kier molecular flexibility index (Phi) is 5.05.